The summed E-state index contributed by atoms with van der Waals surface area (Å²) in [6.45, 7) is 4.26. The number of hydrogen-bond acceptors (Lipinski definition) is 2. The minimum atomic E-state index is -0.422. The topological polar surface area (TPSA) is 70.2 Å². The van der Waals surface area contributed by atoms with Crippen LogP contribution in [0.15, 0.2) is 24.3 Å². The molecule has 116 valence electrons. The Bertz CT molecular complexity index is 480. The van der Waals surface area contributed by atoms with Gasteiger partial charge >= 0.3 is 6.03 Å². The van der Waals surface area contributed by atoms with Crippen LogP contribution in [0.5, 0.6) is 0 Å². The first kappa shape index (κ1) is 16.9. The maximum atomic E-state index is 13.3. The van der Waals surface area contributed by atoms with Crippen molar-refractivity contribution >= 4 is 11.9 Å². The van der Waals surface area contributed by atoms with Gasteiger partial charge in [0.1, 0.15) is 5.82 Å². The van der Waals surface area contributed by atoms with E-state index >= 15 is 0 Å². The van der Waals surface area contributed by atoms with E-state index in [0.29, 0.717) is 5.56 Å². The van der Waals surface area contributed by atoms with Gasteiger partial charge in [-0.15, -0.1) is 0 Å². The van der Waals surface area contributed by atoms with E-state index in [1.807, 2.05) is 13.8 Å². The van der Waals surface area contributed by atoms with Crippen LogP contribution in [0, 0.1) is 5.82 Å². The van der Waals surface area contributed by atoms with Gasteiger partial charge in [-0.3, -0.25) is 4.79 Å². The summed E-state index contributed by atoms with van der Waals surface area (Å²) in [4.78, 5) is 23.0. The molecule has 0 bridgehead atoms. The lowest BCUT2D eigenvalue weighted by Crippen LogP contribution is -2.39. The normalized spacial score (nSPS) is 11.6. The van der Waals surface area contributed by atoms with Gasteiger partial charge < -0.3 is 16.0 Å². The van der Waals surface area contributed by atoms with Crippen molar-refractivity contribution in [2.75, 3.05) is 6.54 Å². The fourth-order valence-electron chi connectivity index (χ4n) is 1.62. The molecular formula is C15H22FN3O2. The van der Waals surface area contributed by atoms with E-state index in [4.69, 9.17) is 0 Å². The SMILES string of the molecule is CC[C@H](C)NC(=O)CCNC(=O)NCc1ccccc1F. The van der Waals surface area contributed by atoms with Crippen molar-refractivity contribution in [3.8, 4) is 0 Å². The van der Waals surface area contributed by atoms with Crippen molar-refractivity contribution in [1.29, 1.82) is 0 Å². The molecule has 0 aliphatic carbocycles. The van der Waals surface area contributed by atoms with E-state index in [2.05, 4.69) is 16.0 Å². The van der Waals surface area contributed by atoms with Crippen LogP contribution in [0.4, 0.5) is 9.18 Å². The summed E-state index contributed by atoms with van der Waals surface area (Å²) in [5, 5.41) is 7.91. The van der Waals surface area contributed by atoms with Crippen molar-refractivity contribution in [2.45, 2.75) is 39.3 Å². The Kier molecular flexibility index (Phi) is 7.21. The van der Waals surface area contributed by atoms with E-state index in [-0.39, 0.29) is 37.3 Å². The van der Waals surface area contributed by atoms with Gasteiger partial charge in [0.05, 0.1) is 0 Å². The van der Waals surface area contributed by atoms with Crippen molar-refractivity contribution in [3.63, 3.8) is 0 Å². The molecule has 0 aliphatic rings. The molecule has 1 aromatic rings. The van der Waals surface area contributed by atoms with Crippen LogP contribution in [0.1, 0.15) is 32.3 Å². The van der Waals surface area contributed by atoms with E-state index in [9.17, 15) is 14.0 Å². The first-order valence-electron chi connectivity index (χ1n) is 7.07. The average molecular weight is 295 g/mol. The Hall–Kier alpha value is -2.11. The molecule has 5 nitrogen and oxygen atoms in total. The molecule has 0 heterocycles. The summed E-state index contributed by atoms with van der Waals surface area (Å²) >= 11 is 0. The first-order valence-corrected chi connectivity index (χ1v) is 7.07. The molecular weight excluding hydrogens is 273 g/mol. The average Bonchev–Trinajstić information content (AvgIpc) is 2.46. The number of amides is 3. The van der Waals surface area contributed by atoms with Crippen molar-refractivity contribution < 1.29 is 14.0 Å². The molecule has 1 rings (SSSR count). The van der Waals surface area contributed by atoms with Crippen molar-refractivity contribution in [3.05, 3.63) is 35.6 Å². The lowest BCUT2D eigenvalue weighted by molar-refractivity contribution is -0.121. The number of rotatable bonds is 7. The van der Waals surface area contributed by atoms with Gasteiger partial charge in [-0.05, 0) is 19.4 Å². The molecule has 3 amide bonds. The molecule has 21 heavy (non-hydrogen) atoms. The molecule has 3 N–H and O–H groups in total. The van der Waals surface area contributed by atoms with Gasteiger partial charge in [-0.25, -0.2) is 9.18 Å². The van der Waals surface area contributed by atoms with Gasteiger partial charge in [0.25, 0.3) is 0 Å². The van der Waals surface area contributed by atoms with E-state index in [0.717, 1.165) is 6.42 Å². The highest BCUT2D eigenvalue weighted by molar-refractivity contribution is 5.78. The number of nitrogens with one attached hydrogen (secondary N) is 3. The van der Waals surface area contributed by atoms with E-state index in [1.165, 1.54) is 6.07 Å². The minimum absolute atomic E-state index is 0.0984. The second-order valence-electron chi connectivity index (χ2n) is 4.83. The highest BCUT2D eigenvalue weighted by Crippen LogP contribution is 2.05. The zero-order chi connectivity index (χ0) is 15.7. The maximum Gasteiger partial charge on any atom is 0.315 e. The third kappa shape index (κ3) is 6.74. The molecule has 0 aromatic heterocycles. The Labute approximate surface area is 124 Å². The zero-order valence-electron chi connectivity index (χ0n) is 12.4. The zero-order valence-corrected chi connectivity index (χ0v) is 12.4. The first-order chi connectivity index (χ1) is 10.0. The monoisotopic (exact) mass is 295 g/mol. The molecule has 0 saturated carbocycles. The molecule has 1 atom stereocenters. The van der Waals surface area contributed by atoms with Crippen LogP contribution >= 0.6 is 0 Å². The summed E-state index contributed by atoms with van der Waals surface area (Å²) < 4.78 is 13.3. The largest absolute Gasteiger partial charge is 0.354 e. The van der Waals surface area contributed by atoms with Crippen molar-refractivity contribution in [2.24, 2.45) is 0 Å². The number of halogens is 1. The molecule has 0 spiro atoms. The lowest BCUT2D eigenvalue weighted by Gasteiger charge is -2.12. The van der Waals surface area contributed by atoms with Crippen LogP contribution < -0.4 is 16.0 Å². The number of carbonyl (C=O) groups excluding carboxylic acids is 2. The van der Waals surface area contributed by atoms with Crippen LogP contribution in [-0.4, -0.2) is 24.5 Å². The van der Waals surface area contributed by atoms with Crippen LogP contribution in [0.3, 0.4) is 0 Å². The van der Waals surface area contributed by atoms with Gasteiger partial charge in [0, 0.05) is 31.1 Å². The second kappa shape index (κ2) is 8.94. The van der Waals surface area contributed by atoms with E-state index in [1.54, 1.807) is 18.2 Å². The summed E-state index contributed by atoms with van der Waals surface area (Å²) in [5.41, 5.74) is 0.419. The molecule has 1 aromatic carbocycles. The van der Waals surface area contributed by atoms with Crippen LogP contribution in [0.2, 0.25) is 0 Å². The van der Waals surface area contributed by atoms with Gasteiger partial charge in [-0.1, -0.05) is 25.1 Å². The molecule has 0 fully saturated rings. The highest BCUT2D eigenvalue weighted by atomic mass is 19.1. The number of benzene rings is 1. The van der Waals surface area contributed by atoms with Gasteiger partial charge in [0.15, 0.2) is 0 Å². The molecule has 0 aliphatic heterocycles. The predicted molar refractivity (Wildman–Crippen MR) is 79.2 cm³/mol. The standard InChI is InChI=1S/C15H22FN3O2/c1-3-11(2)19-14(20)8-9-17-15(21)18-10-12-6-4-5-7-13(12)16/h4-7,11H,3,8-10H2,1-2H3,(H,19,20)(H2,17,18,21)/t11-/m0/s1. The smallest absolute Gasteiger partial charge is 0.315 e. The number of carbonyl (C=O) groups is 2. The molecule has 0 radical (unpaired) electrons. The fourth-order valence-corrected chi connectivity index (χ4v) is 1.62. The quantitative estimate of drug-likeness (QED) is 0.719. The van der Waals surface area contributed by atoms with Gasteiger partial charge in [-0.2, -0.15) is 0 Å². The number of hydrogen-bond donors (Lipinski definition) is 3. The molecule has 6 heteroatoms. The third-order valence-electron chi connectivity index (χ3n) is 3.05. The predicted octanol–water partition coefficient (Wildman–Crippen LogP) is 1.93. The Morgan fingerprint density at radius 2 is 1.95 bits per heavy atom. The summed E-state index contributed by atoms with van der Waals surface area (Å²) in [5.74, 6) is -0.454. The highest BCUT2D eigenvalue weighted by Gasteiger charge is 2.07. The number of urea groups is 1. The Morgan fingerprint density at radius 1 is 1.24 bits per heavy atom. The summed E-state index contributed by atoms with van der Waals surface area (Å²) in [6, 6.07) is 5.96. The van der Waals surface area contributed by atoms with E-state index < -0.39 is 6.03 Å². The van der Waals surface area contributed by atoms with Crippen LogP contribution in [0.25, 0.3) is 0 Å². The Balaban J connectivity index is 2.20. The maximum absolute atomic E-state index is 13.3. The Morgan fingerprint density at radius 3 is 2.62 bits per heavy atom. The van der Waals surface area contributed by atoms with Gasteiger partial charge in [0.2, 0.25) is 5.91 Å². The summed E-state index contributed by atoms with van der Waals surface area (Å²) in [7, 11) is 0. The second-order valence-corrected chi connectivity index (χ2v) is 4.83. The molecule has 0 unspecified atom stereocenters. The lowest BCUT2D eigenvalue weighted by atomic mass is 10.2. The summed E-state index contributed by atoms with van der Waals surface area (Å²) in [6.07, 6.45) is 1.08. The van der Waals surface area contributed by atoms with Crippen LogP contribution in [-0.2, 0) is 11.3 Å². The van der Waals surface area contributed by atoms with Crippen molar-refractivity contribution in [1.82, 2.24) is 16.0 Å². The third-order valence-corrected chi connectivity index (χ3v) is 3.05. The molecule has 0 saturated heterocycles. The fraction of sp³-hybridized carbons (Fsp3) is 0.467. The minimum Gasteiger partial charge on any atom is -0.354 e.